The zero-order valence-corrected chi connectivity index (χ0v) is 6.47. The monoisotopic (exact) mass is 182 g/mol. The number of carboxylic acid groups (broad SMARTS) is 1. The van der Waals surface area contributed by atoms with Gasteiger partial charge in [-0.2, -0.15) is 0 Å². The third kappa shape index (κ3) is 2.48. The maximum Gasteiger partial charge on any atom is 0.619 e. The number of aliphatic carboxylic acids is 1. The summed E-state index contributed by atoms with van der Waals surface area (Å²) in [4.78, 5) is 10.2. The molecule has 0 amide bonds. The summed E-state index contributed by atoms with van der Waals surface area (Å²) in [7, 11) is 0. The van der Waals surface area contributed by atoms with Crippen LogP contribution >= 0.6 is 0 Å². The van der Waals surface area contributed by atoms with E-state index in [4.69, 9.17) is 5.11 Å². The largest absolute Gasteiger partial charge is 0.619 e. The van der Waals surface area contributed by atoms with Crippen LogP contribution in [0, 0.1) is 0 Å². The van der Waals surface area contributed by atoms with Gasteiger partial charge in [-0.3, -0.25) is 9.31 Å². The molecule has 0 bridgehead atoms. The second-order valence-corrected chi connectivity index (χ2v) is 2.09. The van der Waals surface area contributed by atoms with Crippen molar-refractivity contribution in [2.75, 3.05) is 0 Å². The normalized spacial score (nSPS) is 10.9. The number of carboxylic acids is 1. The Bertz CT molecular complexity index is 317. The molecule has 1 rings (SSSR count). The summed E-state index contributed by atoms with van der Waals surface area (Å²) in [5.74, 6) is -2.30. The Labute approximate surface area is 73.4 Å². The van der Waals surface area contributed by atoms with E-state index < -0.39 is 11.9 Å². The summed E-state index contributed by atoms with van der Waals surface area (Å²) in [6.07, 6.45) is 0. The highest BCUT2D eigenvalue weighted by atomic mass is 17.1. The molecule has 0 aliphatic rings. The summed E-state index contributed by atoms with van der Waals surface area (Å²) in [5, 5.41) is 18.2. The summed E-state index contributed by atoms with van der Waals surface area (Å²) >= 11 is 0. The van der Waals surface area contributed by atoms with Gasteiger partial charge in [0.05, 0.1) is 0 Å². The lowest BCUT2D eigenvalue weighted by Crippen LogP contribution is -2.25. The van der Waals surface area contributed by atoms with Crippen molar-refractivity contribution in [1.82, 2.24) is 0 Å². The fraction of sp³-hybridized carbons (Fsp3) is 0. The van der Waals surface area contributed by atoms with E-state index >= 15 is 0 Å². The van der Waals surface area contributed by atoms with Crippen LogP contribution in [0.2, 0.25) is 0 Å². The van der Waals surface area contributed by atoms with Crippen LogP contribution in [-0.2, 0) is 9.37 Å². The first-order valence-electron chi connectivity index (χ1n) is 3.37. The van der Waals surface area contributed by atoms with Gasteiger partial charge in [-0.25, -0.2) is 4.79 Å². The molecular formula is C8H6O5. The standard InChI is InChI=1S/C8H6O5/c9-7(10)8(13-11)12-6-4-2-1-3-5-6/h1-5H,(H,9,10). The quantitative estimate of drug-likeness (QED) is 0.158. The number of carbonyl (C=O) groups excluding carboxylic acids is 1. The van der Waals surface area contributed by atoms with E-state index in [1.54, 1.807) is 18.2 Å². The second kappa shape index (κ2) is 4.10. The van der Waals surface area contributed by atoms with E-state index in [0.29, 0.717) is 0 Å². The van der Waals surface area contributed by atoms with Crippen LogP contribution in [-0.4, -0.2) is 17.0 Å². The van der Waals surface area contributed by atoms with Crippen molar-refractivity contribution in [2.45, 2.75) is 0 Å². The van der Waals surface area contributed by atoms with Gasteiger partial charge in [0, 0.05) is 12.1 Å². The molecule has 0 aliphatic carbocycles. The van der Waals surface area contributed by atoms with E-state index in [2.05, 4.69) is 9.31 Å². The van der Waals surface area contributed by atoms with Crippen LogP contribution in [0.3, 0.4) is 0 Å². The van der Waals surface area contributed by atoms with E-state index in [1.165, 1.54) is 12.1 Å². The lowest BCUT2D eigenvalue weighted by Gasteiger charge is -1.91. The Balaban J connectivity index is 2.74. The molecule has 0 atom stereocenters. The summed E-state index contributed by atoms with van der Waals surface area (Å²) < 4.78 is 7.87. The highest BCUT2D eigenvalue weighted by molar-refractivity contribution is 6.29. The smallest absolute Gasteiger partial charge is 0.587 e. The molecule has 0 fully saturated rings. The Morgan fingerprint density at radius 1 is 1.38 bits per heavy atom. The van der Waals surface area contributed by atoms with Gasteiger partial charge in [0.25, 0.3) is 0 Å². The van der Waals surface area contributed by atoms with Crippen molar-refractivity contribution >= 4 is 11.9 Å². The van der Waals surface area contributed by atoms with Gasteiger partial charge < -0.3 is 10.4 Å². The van der Waals surface area contributed by atoms with Crippen LogP contribution in [0.5, 0.6) is 5.75 Å². The minimum atomic E-state index is -1.54. The number of carbonyl (C=O) groups is 1. The van der Waals surface area contributed by atoms with Crippen molar-refractivity contribution < 1.29 is 24.5 Å². The first-order chi connectivity index (χ1) is 6.24. The first-order valence-corrected chi connectivity index (χ1v) is 3.37. The van der Waals surface area contributed by atoms with Crippen molar-refractivity contribution in [3.63, 3.8) is 0 Å². The minimum absolute atomic E-state index is 0.232. The predicted octanol–water partition coefficient (Wildman–Crippen LogP) is -0.512. The fourth-order valence-corrected chi connectivity index (χ4v) is 0.692. The van der Waals surface area contributed by atoms with Gasteiger partial charge in [0.2, 0.25) is 5.75 Å². The molecule has 5 nitrogen and oxygen atoms in total. The van der Waals surface area contributed by atoms with Gasteiger partial charge in [-0.05, 0) is 0 Å². The van der Waals surface area contributed by atoms with Crippen LogP contribution in [0.25, 0.3) is 0 Å². The van der Waals surface area contributed by atoms with E-state index in [0.717, 1.165) is 0 Å². The van der Waals surface area contributed by atoms with Crippen LogP contribution in [0.15, 0.2) is 30.3 Å². The number of rotatable bonds is 1. The number of para-hydroxylation sites is 1. The van der Waals surface area contributed by atoms with Crippen molar-refractivity contribution in [3.05, 3.63) is 30.3 Å². The summed E-state index contributed by atoms with van der Waals surface area (Å²) in [6, 6.07) is 8.01. The Hall–Kier alpha value is -2.04. The Morgan fingerprint density at radius 3 is 2.46 bits per heavy atom. The van der Waals surface area contributed by atoms with Crippen molar-refractivity contribution in [1.29, 1.82) is 0 Å². The van der Waals surface area contributed by atoms with Gasteiger partial charge in [-0.15, -0.1) is 0 Å². The molecule has 0 heterocycles. The molecule has 0 spiro atoms. The molecule has 0 aromatic heterocycles. The zero-order chi connectivity index (χ0) is 9.68. The van der Waals surface area contributed by atoms with Gasteiger partial charge in [0.1, 0.15) is 0 Å². The topological polar surface area (TPSA) is 80.9 Å². The second-order valence-electron chi connectivity index (χ2n) is 2.09. The first kappa shape index (κ1) is 9.05. The molecule has 0 saturated carbocycles. The van der Waals surface area contributed by atoms with Crippen molar-refractivity contribution in [3.8, 4) is 5.75 Å². The number of hydrogen-bond donors (Lipinski definition) is 1. The lowest BCUT2D eigenvalue weighted by atomic mass is 10.3. The van der Waals surface area contributed by atoms with Gasteiger partial charge >= 0.3 is 11.9 Å². The molecule has 1 N–H and O–H groups in total. The fourth-order valence-electron chi connectivity index (χ4n) is 0.692. The summed E-state index contributed by atoms with van der Waals surface area (Å²) in [6.45, 7) is 0. The molecule has 0 unspecified atom stereocenters. The number of hydrogen-bond acceptors (Lipinski definition) is 3. The molecular weight excluding hydrogens is 176 g/mol. The molecule has 68 valence electrons. The number of benzene rings is 1. The highest BCUT2D eigenvalue weighted by Gasteiger charge is 2.26. The predicted molar refractivity (Wildman–Crippen MR) is 39.7 cm³/mol. The number of ether oxygens (including phenoxy) is 1. The SMILES string of the molecule is O=C(O)C(Oc1ccccc1)=[O+][O-]. The Morgan fingerprint density at radius 2 is 2.00 bits per heavy atom. The van der Waals surface area contributed by atoms with Crippen LogP contribution in [0.4, 0.5) is 0 Å². The molecule has 1 aromatic rings. The van der Waals surface area contributed by atoms with E-state index in [9.17, 15) is 10.1 Å². The van der Waals surface area contributed by atoms with Gasteiger partial charge in [-0.1, -0.05) is 18.2 Å². The van der Waals surface area contributed by atoms with Crippen LogP contribution in [0.1, 0.15) is 0 Å². The van der Waals surface area contributed by atoms with E-state index in [1.807, 2.05) is 0 Å². The van der Waals surface area contributed by atoms with Gasteiger partial charge in [0.15, 0.2) is 0 Å². The van der Waals surface area contributed by atoms with E-state index in [-0.39, 0.29) is 5.75 Å². The molecule has 13 heavy (non-hydrogen) atoms. The lowest BCUT2D eigenvalue weighted by molar-refractivity contribution is -1.05. The highest BCUT2D eigenvalue weighted by Crippen LogP contribution is 2.08. The van der Waals surface area contributed by atoms with Crippen molar-refractivity contribution in [2.24, 2.45) is 0 Å². The minimum Gasteiger partial charge on any atom is -0.587 e. The molecule has 5 heteroatoms. The molecule has 0 aliphatic heterocycles. The molecule has 0 saturated heterocycles. The molecule has 1 aromatic carbocycles. The number of esters is 1. The van der Waals surface area contributed by atoms with Crippen LogP contribution < -0.4 is 9.99 Å². The average Bonchev–Trinajstić information content (AvgIpc) is 2.15. The zero-order valence-electron chi connectivity index (χ0n) is 6.47. The third-order valence-electron chi connectivity index (χ3n) is 1.20. The third-order valence-corrected chi connectivity index (χ3v) is 1.20. The maximum atomic E-state index is 10.2. The molecule has 0 radical (unpaired) electrons. The summed E-state index contributed by atoms with van der Waals surface area (Å²) in [5.41, 5.74) is 0. The maximum absolute atomic E-state index is 10.2. The Kier molecular flexibility index (Phi) is 2.86. The average molecular weight is 182 g/mol.